The smallest absolute Gasteiger partial charge is 0.409 e. The number of nitrogens with one attached hydrogen (secondary N) is 1. The maximum absolute atomic E-state index is 13.0. The molecule has 0 aliphatic heterocycles. The Balaban J connectivity index is 2.11. The number of hydrogen-bond donors (Lipinski definition) is 2. The van der Waals surface area contributed by atoms with Crippen molar-refractivity contribution in [2.75, 3.05) is 20.2 Å². The second kappa shape index (κ2) is 11.1. The summed E-state index contributed by atoms with van der Waals surface area (Å²) >= 11 is 0. The van der Waals surface area contributed by atoms with E-state index in [1.165, 1.54) is 4.90 Å². The summed E-state index contributed by atoms with van der Waals surface area (Å²) in [6.45, 7) is 9.03. The summed E-state index contributed by atoms with van der Waals surface area (Å²) in [4.78, 5) is 14.1. The van der Waals surface area contributed by atoms with Crippen LogP contribution in [-0.2, 0) is 14.8 Å². The molecule has 1 aromatic carbocycles. The third kappa shape index (κ3) is 8.84. The van der Waals surface area contributed by atoms with Gasteiger partial charge in [-0.3, -0.25) is 0 Å². The summed E-state index contributed by atoms with van der Waals surface area (Å²) in [5.74, 6) is 0. The molecule has 1 aromatic rings. The van der Waals surface area contributed by atoms with Crippen molar-refractivity contribution in [2.24, 2.45) is 0 Å². The second-order valence-electron chi connectivity index (χ2n) is 10.4. The molecule has 1 saturated carbocycles. The number of sulfonamides is 1. The standard InChI is InChI=1S/C23H40N2O5SSi/c1-19-9-11-21(12-10-19)31(28,29)24-20(17-23(27)13-7-6-8-14-23)18-25(2)22(26)30-15-16-32(3,4)5/h9-12,20,24,27H,6-8,13-18H2,1-5H3. The van der Waals surface area contributed by atoms with Crippen molar-refractivity contribution in [3.8, 4) is 0 Å². The summed E-state index contributed by atoms with van der Waals surface area (Å²) in [6.07, 6.45) is 3.97. The molecule has 0 saturated heterocycles. The number of nitrogens with zero attached hydrogens (tertiary/aromatic N) is 1. The zero-order valence-corrected chi connectivity index (χ0v) is 22.0. The van der Waals surface area contributed by atoms with Crippen molar-refractivity contribution < 1.29 is 23.1 Å². The van der Waals surface area contributed by atoms with E-state index in [0.29, 0.717) is 19.4 Å². The van der Waals surface area contributed by atoms with Gasteiger partial charge in [-0.15, -0.1) is 0 Å². The van der Waals surface area contributed by atoms with Crippen molar-refractivity contribution >= 4 is 24.2 Å². The van der Waals surface area contributed by atoms with E-state index in [2.05, 4.69) is 24.4 Å². The molecule has 1 aliphatic carbocycles. The van der Waals surface area contributed by atoms with E-state index in [-0.39, 0.29) is 17.9 Å². The Morgan fingerprint density at radius 2 is 1.78 bits per heavy atom. The minimum absolute atomic E-state index is 0.124. The molecule has 0 radical (unpaired) electrons. The molecule has 1 fully saturated rings. The fourth-order valence-corrected chi connectivity index (χ4v) is 5.92. The van der Waals surface area contributed by atoms with Crippen molar-refractivity contribution in [2.45, 2.75) is 87.7 Å². The molecular weight excluding hydrogens is 444 g/mol. The number of aryl methyl sites for hydroxylation is 1. The summed E-state index contributed by atoms with van der Waals surface area (Å²) in [6, 6.07) is 6.88. The lowest BCUT2D eigenvalue weighted by molar-refractivity contribution is -0.0127. The fraction of sp³-hybridized carbons (Fsp3) is 0.696. The van der Waals surface area contributed by atoms with Gasteiger partial charge in [-0.25, -0.2) is 17.9 Å². The maximum Gasteiger partial charge on any atom is 0.409 e. The van der Waals surface area contributed by atoms with E-state index >= 15 is 0 Å². The SMILES string of the molecule is Cc1ccc(S(=O)(=O)NC(CN(C)C(=O)OCC[Si](C)(C)C)CC2(O)CCCCC2)cc1. The predicted molar refractivity (Wildman–Crippen MR) is 130 cm³/mol. The van der Waals surface area contributed by atoms with Crippen LogP contribution in [0.5, 0.6) is 0 Å². The van der Waals surface area contributed by atoms with Gasteiger partial charge in [0.1, 0.15) is 0 Å². The maximum atomic E-state index is 13.0. The van der Waals surface area contributed by atoms with Crippen LogP contribution in [0.3, 0.4) is 0 Å². The Bertz CT molecular complexity index is 846. The van der Waals surface area contributed by atoms with E-state index in [1.807, 2.05) is 6.92 Å². The molecular formula is C23H40N2O5SSi. The fourth-order valence-electron chi connectivity index (χ4n) is 3.98. The van der Waals surface area contributed by atoms with Crippen LogP contribution >= 0.6 is 0 Å². The number of ether oxygens (including phenoxy) is 1. The van der Waals surface area contributed by atoms with Crippen molar-refractivity contribution in [1.29, 1.82) is 0 Å². The molecule has 9 heteroatoms. The number of hydrogen-bond acceptors (Lipinski definition) is 5. The molecule has 7 nitrogen and oxygen atoms in total. The summed E-state index contributed by atoms with van der Waals surface area (Å²) in [5.41, 5.74) is 0.0409. The number of carbonyl (C=O) groups is 1. The Morgan fingerprint density at radius 1 is 1.19 bits per heavy atom. The molecule has 1 atom stereocenters. The number of rotatable bonds is 10. The van der Waals surface area contributed by atoms with Crippen molar-refractivity contribution in [3.05, 3.63) is 29.8 Å². The number of benzene rings is 1. The van der Waals surface area contributed by atoms with Gasteiger partial charge in [-0.2, -0.15) is 0 Å². The van der Waals surface area contributed by atoms with Gasteiger partial charge < -0.3 is 14.7 Å². The van der Waals surface area contributed by atoms with Crippen LogP contribution in [-0.4, -0.2) is 64.4 Å². The lowest BCUT2D eigenvalue weighted by Gasteiger charge is -2.36. The van der Waals surface area contributed by atoms with Gasteiger partial charge in [0, 0.05) is 27.7 Å². The third-order valence-corrected chi connectivity index (χ3v) is 9.19. The van der Waals surface area contributed by atoms with Gasteiger partial charge in [0.2, 0.25) is 10.0 Å². The lowest BCUT2D eigenvalue weighted by Crippen LogP contribution is -2.49. The first-order valence-corrected chi connectivity index (χ1v) is 16.7. The molecule has 0 bridgehead atoms. The predicted octanol–water partition coefficient (Wildman–Crippen LogP) is 4.13. The van der Waals surface area contributed by atoms with Crippen LogP contribution in [0.1, 0.15) is 44.1 Å². The van der Waals surface area contributed by atoms with Gasteiger partial charge >= 0.3 is 6.09 Å². The minimum atomic E-state index is -3.80. The molecule has 2 N–H and O–H groups in total. The molecule has 0 aromatic heterocycles. The van der Waals surface area contributed by atoms with Gasteiger partial charge in [0.15, 0.2) is 0 Å². The molecule has 1 aliphatic rings. The lowest BCUT2D eigenvalue weighted by atomic mass is 9.80. The molecule has 1 unspecified atom stereocenters. The van der Waals surface area contributed by atoms with Gasteiger partial charge in [-0.1, -0.05) is 56.6 Å². The Morgan fingerprint density at radius 3 is 2.34 bits per heavy atom. The number of aliphatic hydroxyl groups is 1. The monoisotopic (exact) mass is 484 g/mol. The molecule has 0 heterocycles. The number of carbonyl (C=O) groups excluding carboxylic acids is 1. The summed E-state index contributed by atoms with van der Waals surface area (Å²) in [5, 5.41) is 11.1. The summed E-state index contributed by atoms with van der Waals surface area (Å²) < 4.78 is 34.2. The first-order valence-electron chi connectivity index (χ1n) is 11.5. The van der Waals surface area contributed by atoms with Crippen LogP contribution in [0.4, 0.5) is 4.79 Å². The Kier molecular flexibility index (Phi) is 9.33. The van der Waals surface area contributed by atoms with Crippen molar-refractivity contribution in [1.82, 2.24) is 9.62 Å². The summed E-state index contributed by atoms with van der Waals surface area (Å²) in [7, 11) is -3.51. The van der Waals surface area contributed by atoms with E-state index in [1.54, 1.807) is 31.3 Å². The third-order valence-electron chi connectivity index (χ3n) is 5.95. The zero-order valence-electron chi connectivity index (χ0n) is 20.2. The highest BCUT2D eigenvalue weighted by atomic mass is 32.2. The topological polar surface area (TPSA) is 95.9 Å². The average Bonchev–Trinajstić information content (AvgIpc) is 2.67. The van der Waals surface area contributed by atoms with E-state index in [0.717, 1.165) is 30.9 Å². The highest BCUT2D eigenvalue weighted by Crippen LogP contribution is 2.32. The molecule has 32 heavy (non-hydrogen) atoms. The first kappa shape index (κ1) is 26.8. The first-order chi connectivity index (χ1) is 14.8. The van der Waals surface area contributed by atoms with Crippen LogP contribution in [0.2, 0.25) is 25.7 Å². The van der Waals surface area contributed by atoms with E-state index in [4.69, 9.17) is 4.74 Å². The van der Waals surface area contributed by atoms with Crippen LogP contribution in [0.25, 0.3) is 0 Å². The average molecular weight is 485 g/mol. The number of likely N-dealkylation sites (N-methyl/N-ethyl adjacent to an activating group) is 1. The normalized spacial score (nSPS) is 17.6. The Labute approximate surface area is 194 Å². The van der Waals surface area contributed by atoms with E-state index in [9.17, 15) is 18.3 Å². The molecule has 0 spiro atoms. The highest BCUT2D eigenvalue weighted by molar-refractivity contribution is 7.89. The molecule has 2 rings (SSSR count). The van der Waals surface area contributed by atoms with Crippen LogP contribution < -0.4 is 4.72 Å². The Hall–Kier alpha value is -1.42. The highest BCUT2D eigenvalue weighted by Gasteiger charge is 2.35. The molecule has 1 amide bonds. The minimum Gasteiger partial charge on any atom is -0.450 e. The van der Waals surface area contributed by atoms with Gasteiger partial charge in [0.25, 0.3) is 0 Å². The molecule has 182 valence electrons. The largest absolute Gasteiger partial charge is 0.450 e. The quantitative estimate of drug-likeness (QED) is 0.487. The van der Waals surface area contributed by atoms with Crippen molar-refractivity contribution in [3.63, 3.8) is 0 Å². The van der Waals surface area contributed by atoms with Crippen LogP contribution in [0.15, 0.2) is 29.2 Å². The van der Waals surface area contributed by atoms with Gasteiger partial charge in [-0.05, 0) is 44.4 Å². The van der Waals surface area contributed by atoms with E-state index < -0.39 is 35.8 Å². The second-order valence-corrected chi connectivity index (χ2v) is 17.8. The van der Waals surface area contributed by atoms with Crippen LogP contribution in [0, 0.1) is 6.92 Å². The number of amides is 1. The zero-order chi connectivity index (χ0) is 24.0. The van der Waals surface area contributed by atoms with Gasteiger partial charge in [0.05, 0.1) is 17.1 Å².